The molecule has 6 nitrogen and oxygen atoms in total. The lowest BCUT2D eigenvalue weighted by molar-refractivity contribution is -0.114. The average Bonchev–Trinajstić information content (AvgIpc) is 2.65. The molecule has 0 fully saturated rings. The number of rotatable bonds is 7. The predicted octanol–water partition coefficient (Wildman–Crippen LogP) is 2.99. The molecule has 6 heteroatoms. The molecule has 0 spiro atoms. The van der Waals surface area contributed by atoms with Gasteiger partial charge in [0.2, 0.25) is 5.91 Å². The summed E-state index contributed by atoms with van der Waals surface area (Å²) in [5.74, 6) is -0.134. The minimum atomic E-state index is -0.265. The van der Waals surface area contributed by atoms with E-state index in [1.54, 1.807) is 48.5 Å². The van der Waals surface area contributed by atoms with Crippen molar-refractivity contribution in [2.75, 3.05) is 23.7 Å². The van der Waals surface area contributed by atoms with Crippen LogP contribution in [0.4, 0.5) is 11.4 Å². The summed E-state index contributed by atoms with van der Waals surface area (Å²) in [4.78, 5) is 24.5. The van der Waals surface area contributed by atoms with Crippen LogP contribution in [0.15, 0.2) is 48.5 Å². The summed E-state index contributed by atoms with van der Waals surface area (Å²) < 4.78 is 0. The number of benzene rings is 2. The minimum absolute atomic E-state index is 0.0495. The number of nitrogens with one attached hydrogen (secondary N) is 3. The van der Waals surface area contributed by atoms with Crippen molar-refractivity contribution in [1.82, 2.24) is 5.32 Å². The van der Waals surface area contributed by atoms with Gasteiger partial charge in [0.25, 0.3) is 5.91 Å². The number of amides is 2. The first kappa shape index (κ1) is 19.0. The van der Waals surface area contributed by atoms with Crippen LogP contribution >= 0.6 is 0 Å². The maximum absolute atomic E-state index is 12.3. The zero-order valence-corrected chi connectivity index (χ0v) is 14.9. The highest BCUT2D eigenvalue weighted by Crippen LogP contribution is 2.15. The Morgan fingerprint density at radius 3 is 2.42 bits per heavy atom. The van der Waals surface area contributed by atoms with Crippen LogP contribution in [0.1, 0.15) is 29.8 Å². The molecular formula is C20H22N4O2. The van der Waals surface area contributed by atoms with Crippen molar-refractivity contribution in [2.45, 2.75) is 13.8 Å². The molecule has 0 aliphatic rings. The third-order valence-corrected chi connectivity index (χ3v) is 3.58. The van der Waals surface area contributed by atoms with Crippen molar-refractivity contribution in [1.29, 1.82) is 5.26 Å². The predicted molar refractivity (Wildman–Crippen MR) is 102 cm³/mol. The second-order valence-corrected chi connectivity index (χ2v) is 6.24. The highest BCUT2D eigenvalue weighted by Gasteiger charge is 2.13. The topological polar surface area (TPSA) is 94.0 Å². The first-order chi connectivity index (χ1) is 12.5. The van der Waals surface area contributed by atoms with E-state index < -0.39 is 0 Å². The molecular weight excluding hydrogens is 328 g/mol. The van der Waals surface area contributed by atoms with Crippen molar-refractivity contribution in [3.8, 4) is 6.07 Å². The number of hydrogen-bond donors (Lipinski definition) is 3. The van der Waals surface area contributed by atoms with Gasteiger partial charge in [0, 0.05) is 12.2 Å². The van der Waals surface area contributed by atoms with Crippen LogP contribution in [0.5, 0.6) is 0 Å². The van der Waals surface area contributed by atoms with Gasteiger partial charge in [-0.1, -0.05) is 26.0 Å². The molecule has 2 rings (SSSR count). The largest absolute Gasteiger partial charge is 0.376 e. The van der Waals surface area contributed by atoms with Crippen LogP contribution in [-0.2, 0) is 4.79 Å². The lowest BCUT2D eigenvalue weighted by Gasteiger charge is -2.13. The first-order valence-corrected chi connectivity index (χ1v) is 8.40. The highest BCUT2D eigenvalue weighted by atomic mass is 16.2. The van der Waals surface area contributed by atoms with Gasteiger partial charge < -0.3 is 16.0 Å². The SMILES string of the molecule is CC(C)CNC(=O)c1ccccc1NC(=O)CNc1ccc(C#N)cc1. The van der Waals surface area contributed by atoms with Crippen molar-refractivity contribution < 1.29 is 9.59 Å². The van der Waals surface area contributed by atoms with Crippen LogP contribution in [0.2, 0.25) is 0 Å². The monoisotopic (exact) mass is 350 g/mol. The number of nitrogens with zero attached hydrogens (tertiary/aromatic N) is 1. The smallest absolute Gasteiger partial charge is 0.253 e. The quantitative estimate of drug-likeness (QED) is 0.715. The number of carbonyl (C=O) groups excluding carboxylic acids is 2. The second kappa shape index (κ2) is 9.23. The Labute approximate surface area is 153 Å². The molecule has 0 aliphatic heterocycles. The van der Waals surface area contributed by atoms with E-state index in [9.17, 15) is 9.59 Å². The summed E-state index contributed by atoms with van der Waals surface area (Å²) >= 11 is 0. The maximum atomic E-state index is 12.3. The molecule has 0 aromatic heterocycles. The van der Waals surface area contributed by atoms with Crippen molar-refractivity contribution in [3.63, 3.8) is 0 Å². The number of carbonyl (C=O) groups is 2. The molecule has 0 saturated carbocycles. The average molecular weight is 350 g/mol. The zero-order chi connectivity index (χ0) is 18.9. The fourth-order valence-corrected chi connectivity index (χ4v) is 2.22. The Balaban J connectivity index is 1.96. The minimum Gasteiger partial charge on any atom is -0.376 e. The summed E-state index contributed by atoms with van der Waals surface area (Å²) in [7, 11) is 0. The Kier molecular flexibility index (Phi) is 6.75. The van der Waals surface area contributed by atoms with E-state index in [4.69, 9.17) is 5.26 Å². The third kappa shape index (κ3) is 5.64. The van der Waals surface area contributed by atoms with Gasteiger partial charge in [-0.15, -0.1) is 0 Å². The molecule has 2 aromatic rings. The van der Waals surface area contributed by atoms with Gasteiger partial charge in [-0.2, -0.15) is 5.26 Å². The van der Waals surface area contributed by atoms with Gasteiger partial charge in [-0.05, 0) is 42.3 Å². The third-order valence-electron chi connectivity index (χ3n) is 3.58. The van der Waals surface area contributed by atoms with Crippen molar-refractivity contribution >= 4 is 23.2 Å². The Bertz CT molecular complexity index is 807. The van der Waals surface area contributed by atoms with Crippen LogP contribution in [0.3, 0.4) is 0 Å². The Morgan fingerprint density at radius 1 is 1.08 bits per heavy atom. The van der Waals surface area contributed by atoms with E-state index in [2.05, 4.69) is 16.0 Å². The summed E-state index contributed by atoms with van der Waals surface area (Å²) in [6.45, 7) is 4.65. The normalized spacial score (nSPS) is 10.1. The van der Waals surface area contributed by atoms with Gasteiger partial charge >= 0.3 is 0 Å². The lowest BCUT2D eigenvalue weighted by atomic mass is 10.1. The molecule has 0 radical (unpaired) electrons. The van der Waals surface area contributed by atoms with Gasteiger partial charge in [-0.3, -0.25) is 9.59 Å². The van der Waals surface area contributed by atoms with Crippen LogP contribution < -0.4 is 16.0 Å². The number of nitriles is 1. The Hall–Kier alpha value is -3.33. The summed E-state index contributed by atoms with van der Waals surface area (Å²) in [5, 5.41) is 17.4. The van der Waals surface area contributed by atoms with Gasteiger partial charge in [-0.25, -0.2) is 0 Å². The molecule has 0 atom stereocenters. The van der Waals surface area contributed by atoms with E-state index in [1.807, 2.05) is 19.9 Å². The highest BCUT2D eigenvalue weighted by molar-refractivity contribution is 6.04. The standard InChI is InChI=1S/C20H22N4O2/c1-14(2)12-23-20(26)17-5-3-4-6-18(17)24-19(25)13-22-16-9-7-15(11-21)8-10-16/h3-10,14,22H,12-13H2,1-2H3,(H,23,26)(H,24,25). The van der Waals surface area contributed by atoms with E-state index in [1.165, 1.54) is 0 Å². The molecule has 0 unspecified atom stereocenters. The molecule has 0 bridgehead atoms. The van der Waals surface area contributed by atoms with E-state index in [-0.39, 0.29) is 18.4 Å². The van der Waals surface area contributed by atoms with E-state index in [0.717, 1.165) is 5.69 Å². The van der Waals surface area contributed by atoms with Crippen molar-refractivity contribution in [3.05, 3.63) is 59.7 Å². The number of para-hydroxylation sites is 1. The number of hydrogen-bond acceptors (Lipinski definition) is 4. The second-order valence-electron chi connectivity index (χ2n) is 6.24. The van der Waals surface area contributed by atoms with Crippen LogP contribution in [0.25, 0.3) is 0 Å². The van der Waals surface area contributed by atoms with Gasteiger partial charge in [0.05, 0.1) is 29.4 Å². The number of anilines is 2. The molecule has 134 valence electrons. The molecule has 0 heterocycles. The first-order valence-electron chi connectivity index (χ1n) is 8.40. The van der Waals surface area contributed by atoms with Crippen LogP contribution in [-0.4, -0.2) is 24.9 Å². The fourth-order valence-electron chi connectivity index (χ4n) is 2.22. The summed E-state index contributed by atoms with van der Waals surface area (Å²) in [5.41, 5.74) is 2.20. The van der Waals surface area contributed by atoms with E-state index in [0.29, 0.717) is 29.3 Å². The van der Waals surface area contributed by atoms with Gasteiger partial charge in [0.1, 0.15) is 0 Å². The summed E-state index contributed by atoms with van der Waals surface area (Å²) in [6, 6.07) is 15.8. The molecule has 26 heavy (non-hydrogen) atoms. The van der Waals surface area contributed by atoms with Crippen LogP contribution in [0, 0.1) is 17.2 Å². The fraction of sp³-hybridized carbons (Fsp3) is 0.250. The van der Waals surface area contributed by atoms with E-state index >= 15 is 0 Å². The molecule has 0 saturated heterocycles. The molecule has 3 N–H and O–H groups in total. The lowest BCUT2D eigenvalue weighted by Crippen LogP contribution is -2.29. The zero-order valence-electron chi connectivity index (χ0n) is 14.9. The molecule has 0 aliphatic carbocycles. The Morgan fingerprint density at radius 2 is 1.77 bits per heavy atom. The molecule has 2 amide bonds. The van der Waals surface area contributed by atoms with Gasteiger partial charge in [0.15, 0.2) is 0 Å². The maximum Gasteiger partial charge on any atom is 0.253 e. The van der Waals surface area contributed by atoms with Crippen molar-refractivity contribution in [2.24, 2.45) is 5.92 Å². The molecule has 2 aromatic carbocycles. The summed E-state index contributed by atoms with van der Waals surface area (Å²) in [6.07, 6.45) is 0.